The number of nitrogens with zero attached hydrogens (tertiary/aromatic N) is 2. The monoisotopic (exact) mass is 504 g/mol. The SMILES string of the molecule is CC(C)(F)CN1CCC(COc2ccc(-c3ccc(C(=O)N4CCCC(O)C4)c(F)c3)c(F)c2)CC1. The van der Waals surface area contributed by atoms with Crippen molar-refractivity contribution in [2.75, 3.05) is 39.3 Å². The van der Waals surface area contributed by atoms with Gasteiger partial charge in [-0.05, 0) is 88.4 Å². The molecule has 2 aliphatic heterocycles. The lowest BCUT2D eigenvalue weighted by atomic mass is 9.96. The van der Waals surface area contributed by atoms with Crippen LogP contribution in [0.4, 0.5) is 13.2 Å². The standard InChI is InChI=1S/C28H35F3N2O3/c1-28(2,31)18-32-12-9-19(10-13-32)17-36-22-6-8-23(26(30)15-22)20-5-7-24(25(29)14-20)27(35)33-11-3-4-21(34)16-33/h5-8,14-15,19,21,34H,3-4,9-13,16-18H2,1-2H3. The van der Waals surface area contributed by atoms with E-state index in [0.29, 0.717) is 49.8 Å². The van der Waals surface area contributed by atoms with E-state index in [1.54, 1.807) is 26.0 Å². The fraction of sp³-hybridized carbons (Fsp3) is 0.536. The number of rotatable bonds is 7. The number of hydrogen-bond acceptors (Lipinski definition) is 4. The van der Waals surface area contributed by atoms with Gasteiger partial charge in [0.25, 0.3) is 5.91 Å². The second-order valence-electron chi connectivity index (χ2n) is 10.6. The number of alkyl halides is 1. The Morgan fingerprint density at radius 3 is 2.44 bits per heavy atom. The average molecular weight is 505 g/mol. The van der Waals surface area contributed by atoms with Crippen LogP contribution in [0, 0.1) is 17.6 Å². The zero-order chi connectivity index (χ0) is 25.9. The third-order valence-corrected chi connectivity index (χ3v) is 6.93. The largest absolute Gasteiger partial charge is 0.493 e. The molecule has 8 heteroatoms. The minimum atomic E-state index is -1.21. The number of benzene rings is 2. The van der Waals surface area contributed by atoms with E-state index in [1.807, 2.05) is 0 Å². The Morgan fingerprint density at radius 2 is 1.81 bits per heavy atom. The number of ether oxygens (including phenoxy) is 1. The fourth-order valence-corrected chi connectivity index (χ4v) is 5.04. The Bertz CT molecular complexity index is 1060. The summed E-state index contributed by atoms with van der Waals surface area (Å²) in [5.41, 5.74) is -0.752. The van der Waals surface area contributed by atoms with Crippen LogP contribution in [0.25, 0.3) is 11.1 Å². The maximum absolute atomic E-state index is 14.9. The number of likely N-dealkylation sites (tertiary alicyclic amines) is 2. The van der Waals surface area contributed by atoms with Gasteiger partial charge in [-0.2, -0.15) is 0 Å². The molecule has 2 heterocycles. The van der Waals surface area contributed by atoms with E-state index in [0.717, 1.165) is 25.9 Å². The molecule has 36 heavy (non-hydrogen) atoms. The number of carbonyl (C=O) groups is 1. The summed E-state index contributed by atoms with van der Waals surface area (Å²) in [4.78, 5) is 16.2. The summed E-state index contributed by atoms with van der Waals surface area (Å²) >= 11 is 0. The molecule has 1 atom stereocenters. The van der Waals surface area contributed by atoms with Crippen LogP contribution in [-0.4, -0.2) is 71.9 Å². The van der Waals surface area contributed by atoms with Gasteiger partial charge >= 0.3 is 0 Å². The van der Waals surface area contributed by atoms with Crippen molar-refractivity contribution in [3.63, 3.8) is 0 Å². The van der Waals surface area contributed by atoms with Gasteiger partial charge in [0.2, 0.25) is 0 Å². The van der Waals surface area contributed by atoms with Gasteiger partial charge in [0, 0.05) is 31.3 Å². The Hall–Kier alpha value is -2.58. The van der Waals surface area contributed by atoms with Gasteiger partial charge in [0.15, 0.2) is 0 Å². The summed E-state index contributed by atoms with van der Waals surface area (Å²) in [6.45, 7) is 6.35. The number of β-amino-alcohol motifs (C(OH)–C–C–N with tert-alkyl or cyclic N) is 1. The summed E-state index contributed by atoms with van der Waals surface area (Å²) < 4.78 is 49.4. The van der Waals surface area contributed by atoms with E-state index in [-0.39, 0.29) is 17.7 Å². The zero-order valence-corrected chi connectivity index (χ0v) is 21.0. The zero-order valence-electron chi connectivity index (χ0n) is 21.0. The molecule has 0 aliphatic carbocycles. The van der Waals surface area contributed by atoms with Crippen molar-refractivity contribution in [1.82, 2.24) is 9.80 Å². The van der Waals surface area contributed by atoms with E-state index in [9.17, 15) is 23.1 Å². The van der Waals surface area contributed by atoms with Crippen molar-refractivity contribution in [3.8, 4) is 16.9 Å². The normalized spacial score (nSPS) is 19.9. The third kappa shape index (κ3) is 6.79. The summed E-state index contributed by atoms with van der Waals surface area (Å²) in [5.74, 6) is -1.00. The second kappa shape index (κ2) is 11.2. The predicted molar refractivity (Wildman–Crippen MR) is 133 cm³/mol. The van der Waals surface area contributed by atoms with Gasteiger partial charge in [-0.15, -0.1) is 0 Å². The van der Waals surface area contributed by atoms with Crippen molar-refractivity contribution in [2.24, 2.45) is 5.92 Å². The summed E-state index contributed by atoms with van der Waals surface area (Å²) in [5, 5.41) is 9.80. The van der Waals surface area contributed by atoms with Crippen LogP contribution in [0.3, 0.4) is 0 Å². The summed E-state index contributed by atoms with van der Waals surface area (Å²) in [6, 6.07) is 8.57. The highest BCUT2D eigenvalue weighted by molar-refractivity contribution is 5.95. The molecule has 2 aromatic carbocycles. The number of hydrogen-bond donors (Lipinski definition) is 1. The summed E-state index contributed by atoms with van der Waals surface area (Å²) in [6.07, 6.45) is 2.50. The van der Waals surface area contributed by atoms with E-state index in [2.05, 4.69) is 4.90 Å². The first-order chi connectivity index (χ1) is 17.1. The topological polar surface area (TPSA) is 53.0 Å². The smallest absolute Gasteiger partial charge is 0.256 e. The van der Waals surface area contributed by atoms with Gasteiger partial charge in [0.1, 0.15) is 23.1 Å². The Labute approximate surface area is 210 Å². The Morgan fingerprint density at radius 1 is 1.06 bits per heavy atom. The first-order valence-corrected chi connectivity index (χ1v) is 12.7. The highest BCUT2D eigenvalue weighted by atomic mass is 19.1. The molecular formula is C28H35F3N2O3. The number of aliphatic hydroxyl groups is 1. The van der Waals surface area contributed by atoms with E-state index in [1.165, 1.54) is 29.2 Å². The molecule has 0 radical (unpaired) electrons. The number of amides is 1. The van der Waals surface area contributed by atoms with Crippen molar-refractivity contribution in [2.45, 2.75) is 51.3 Å². The minimum Gasteiger partial charge on any atom is -0.493 e. The molecule has 0 spiro atoms. The van der Waals surface area contributed by atoms with Crippen molar-refractivity contribution in [1.29, 1.82) is 0 Å². The van der Waals surface area contributed by atoms with E-state index >= 15 is 0 Å². The van der Waals surface area contributed by atoms with Crippen LogP contribution in [-0.2, 0) is 0 Å². The molecule has 4 rings (SSSR count). The molecule has 0 bridgehead atoms. The predicted octanol–water partition coefficient (Wildman–Crippen LogP) is 5.07. The third-order valence-electron chi connectivity index (χ3n) is 6.93. The minimum absolute atomic E-state index is 0.0886. The highest BCUT2D eigenvalue weighted by Crippen LogP contribution is 2.29. The van der Waals surface area contributed by atoms with Gasteiger partial charge in [-0.3, -0.25) is 4.79 Å². The molecule has 5 nitrogen and oxygen atoms in total. The quantitative estimate of drug-likeness (QED) is 0.572. The molecule has 0 saturated carbocycles. The van der Waals surface area contributed by atoms with Crippen molar-refractivity contribution < 1.29 is 27.8 Å². The molecular weight excluding hydrogens is 469 g/mol. The van der Waals surface area contributed by atoms with Crippen LogP contribution in [0.1, 0.15) is 49.9 Å². The number of piperidine rings is 2. The summed E-state index contributed by atoms with van der Waals surface area (Å²) in [7, 11) is 0. The maximum atomic E-state index is 14.9. The number of carbonyl (C=O) groups excluding carboxylic acids is 1. The molecule has 2 aliphatic rings. The first kappa shape index (κ1) is 26.5. The van der Waals surface area contributed by atoms with Crippen LogP contribution in [0.5, 0.6) is 5.75 Å². The lowest BCUT2D eigenvalue weighted by Crippen LogP contribution is -2.42. The van der Waals surface area contributed by atoms with Gasteiger partial charge < -0.3 is 19.6 Å². The van der Waals surface area contributed by atoms with Gasteiger partial charge in [0.05, 0.1) is 18.3 Å². The van der Waals surface area contributed by atoms with Crippen molar-refractivity contribution >= 4 is 5.91 Å². The second-order valence-corrected chi connectivity index (χ2v) is 10.6. The van der Waals surface area contributed by atoms with Gasteiger partial charge in [-0.1, -0.05) is 6.07 Å². The number of halogens is 3. The Balaban J connectivity index is 1.35. The van der Waals surface area contributed by atoms with Crippen LogP contribution in [0.15, 0.2) is 36.4 Å². The van der Waals surface area contributed by atoms with Gasteiger partial charge in [-0.25, -0.2) is 13.2 Å². The van der Waals surface area contributed by atoms with Crippen molar-refractivity contribution in [3.05, 3.63) is 53.6 Å². The van der Waals surface area contributed by atoms with Crippen LogP contribution < -0.4 is 4.74 Å². The fourth-order valence-electron chi connectivity index (χ4n) is 5.04. The molecule has 0 aromatic heterocycles. The molecule has 1 amide bonds. The molecule has 2 saturated heterocycles. The van der Waals surface area contributed by atoms with Crippen LogP contribution in [0.2, 0.25) is 0 Å². The van der Waals surface area contributed by atoms with E-state index in [4.69, 9.17) is 4.74 Å². The maximum Gasteiger partial charge on any atom is 0.256 e. The first-order valence-electron chi connectivity index (χ1n) is 12.7. The highest BCUT2D eigenvalue weighted by Gasteiger charge is 2.27. The lowest BCUT2D eigenvalue weighted by Gasteiger charge is -2.34. The molecule has 2 aromatic rings. The Kier molecular flexibility index (Phi) is 8.25. The van der Waals surface area contributed by atoms with E-state index < -0.39 is 29.3 Å². The average Bonchev–Trinajstić information content (AvgIpc) is 2.82. The van der Waals surface area contributed by atoms with Crippen LogP contribution >= 0.6 is 0 Å². The lowest BCUT2D eigenvalue weighted by molar-refractivity contribution is 0.0470. The number of aliphatic hydroxyl groups excluding tert-OH is 1. The molecule has 2 fully saturated rings. The molecule has 196 valence electrons. The molecule has 1 N–H and O–H groups in total. The molecule has 1 unspecified atom stereocenters.